The molecule has 7 nitrogen and oxygen atoms in total. The van der Waals surface area contributed by atoms with Crippen LogP contribution >= 0.6 is 0 Å². The zero-order valence-electron chi connectivity index (χ0n) is 11.4. The van der Waals surface area contributed by atoms with Gasteiger partial charge in [0.1, 0.15) is 0 Å². The van der Waals surface area contributed by atoms with Crippen LogP contribution in [0, 0.1) is 13.0 Å². The Morgan fingerprint density at radius 2 is 2.24 bits per heavy atom. The molecule has 0 atom stereocenters. The second kappa shape index (κ2) is 6.09. The van der Waals surface area contributed by atoms with Gasteiger partial charge in [-0.05, 0) is 22.2 Å². The number of carbonyl (C=O) groups excluding carboxylic acids is 1. The summed E-state index contributed by atoms with van der Waals surface area (Å²) in [5.41, 5.74) is 1.40. The Hall–Kier alpha value is -2.14. The second-order valence-corrected chi connectivity index (χ2v) is 4.33. The van der Waals surface area contributed by atoms with Gasteiger partial charge < -0.3 is 4.98 Å². The maximum Gasteiger partial charge on any atom is 0.248 e. The van der Waals surface area contributed by atoms with E-state index in [0.29, 0.717) is 11.5 Å². The molecule has 0 saturated heterocycles. The van der Waals surface area contributed by atoms with Crippen LogP contribution in [-0.4, -0.2) is 31.1 Å². The number of amides is 1. The number of tetrazole rings is 1. The largest absolute Gasteiger partial charge is 0.313 e. The average Bonchev–Trinajstić information content (AvgIpc) is 2.85. The smallest absolute Gasteiger partial charge is 0.248 e. The minimum absolute atomic E-state index is 0. The van der Waals surface area contributed by atoms with Crippen molar-refractivity contribution < 1.29 is 25.9 Å². The minimum Gasteiger partial charge on any atom is -0.313 e. The molecule has 8 heteroatoms. The van der Waals surface area contributed by atoms with Gasteiger partial charge in [0, 0.05) is 34.3 Å². The van der Waals surface area contributed by atoms with Crippen molar-refractivity contribution in [3.05, 3.63) is 41.7 Å². The third-order valence-electron chi connectivity index (χ3n) is 3.09. The predicted molar refractivity (Wildman–Crippen MR) is 72.1 cm³/mol. The number of nitrogens with one attached hydrogen (secondary N) is 1. The van der Waals surface area contributed by atoms with Crippen LogP contribution in [0.2, 0.25) is 0 Å². The van der Waals surface area contributed by atoms with E-state index in [1.165, 1.54) is 4.68 Å². The topological polar surface area (TPSA) is 85.6 Å². The van der Waals surface area contributed by atoms with E-state index in [0.717, 1.165) is 16.3 Å². The number of pyridine rings is 1. The summed E-state index contributed by atoms with van der Waals surface area (Å²) >= 11 is 0. The van der Waals surface area contributed by atoms with E-state index in [1.807, 2.05) is 13.0 Å². The Morgan fingerprint density at radius 1 is 1.43 bits per heavy atom. The quantitative estimate of drug-likeness (QED) is 0.591. The molecule has 1 aromatic carbocycles. The Bertz CT molecular complexity index is 800. The van der Waals surface area contributed by atoms with Gasteiger partial charge in [-0.15, -0.1) is 28.5 Å². The molecule has 0 saturated carbocycles. The van der Waals surface area contributed by atoms with Crippen LogP contribution in [-0.2, 0) is 28.1 Å². The van der Waals surface area contributed by atoms with Gasteiger partial charge in [-0.25, -0.2) is 4.68 Å². The first-order valence-electron chi connectivity index (χ1n) is 5.95. The molecule has 2 heterocycles. The first kappa shape index (κ1) is 15.3. The molecule has 21 heavy (non-hydrogen) atoms. The molecule has 0 radical (unpaired) electrons. The van der Waals surface area contributed by atoms with Gasteiger partial charge in [-0.2, -0.15) is 0 Å². The number of aryl methyl sites for hydroxylation is 2. The van der Waals surface area contributed by atoms with Crippen molar-refractivity contribution in [2.75, 3.05) is 5.32 Å². The van der Waals surface area contributed by atoms with E-state index in [2.05, 4.69) is 31.9 Å². The Balaban J connectivity index is 0.00000161. The molecule has 2 aromatic heterocycles. The molecule has 3 aromatic rings. The molecule has 0 fully saturated rings. The van der Waals surface area contributed by atoms with Crippen molar-refractivity contribution in [3.8, 4) is 0 Å². The van der Waals surface area contributed by atoms with Crippen LogP contribution < -0.4 is 5.32 Å². The SMILES string of the molecule is Cc1c(C(=O)Nc2nnnn2C)c[c-]c2cnccc12.[W]. The molecule has 1 amide bonds. The summed E-state index contributed by atoms with van der Waals surface area (Å²) in [5.74, 6) is 0.0274. The standard InChI is InChI=1S/C13H11N6O.W/c1-8-10-5-6-14-7-9(10)3-4-11(8)12(20)15-13-16-17-18-19(13)2;/h4-7H,1-2H3,(H,15,16,18,20);/q-1;. The van der Waals surface area contributed by atoms with Crippen LogP contribution in [0.4, 0.5) is 5.95 Å². The van der Waals surface area contributed by atoms with E-state index in [4.69, 9.17) is 0 Å². The third kappa shape index (κ3) is 2.83. The van der Waals surface area contributed by atoms with Crippen molar-refractivity contribution >= 4 is 22.6 Å². The number of rotatable bonds is 2. The maximum absolute atomic E-state index is 12.3. The van der Waals surface area contributed by atoms with Crippen molar-refractivity contribution in [2.24, 2.45) is 7.05 Å². The Kier molecular flexibility index (Phi) is 4.43. The number of fused-ring (bicyclic) bond motifs is 1. The van der Waals surface area contributed by atoms with Crippen molar-refractivity contribution in [2.45, 2.75) is 6.92 Å². The molecule has 0 aliphatic heterocycles. The fraction of sp³-hybridized carbons (Fsp3) is 0.154. The first-order chi connectivity index (χ1) is 9.66. The van der Waals surface area contributed by atoms with E-state index in [9.17, 15) is 4.79 Å². The van der Waals surface area contributed by atoms with E-state index >= 15 is 0 Å². The Morgan fingerprint density at radius 3 is 2.95 bits per heavy atom. The molecule has 1 N–H and O–H groups in total. The molecule has 0 aliphatic carbocycles. The number of nitrogens with zero attached hydrogens (tertiary/aromatic N) is 5. The number of benzene rings is 1. The fourth-order valence-corrected chi connectivity index (χ4v) is 1.98. The summed E-state index contributed by atoms with van der Waals surface area (Å²) in [4.78, 5) is 16.3. The van der Waals surface area contributed by atoms with Crippen LogP contribution in [0.5, 0.6) is 0 Å². The number of carbonyl (C=O) groups is 1. The molecule has 0 unspecified atom stereocenters. The zero-order chi connectivity index (χ0) is 14.1. The predicted octanol–water partition coefficient (Wildman–Crippen LogP) is 1.12. The molecule has 0 spiro atoms. The summed E-state index contributed by atoms with van der Waals surface area (Å²) in [7, 11) is 1.65. The molecular weight excluding hydrogens is 440 g/mol. The number of hydrogen-bond acceptors (Lipinski definition) is 5. The van der Waals surface area contributed by atoms with Crippen molar-refractivity contribution in [1.29, 1.82) is 0 Å². The first-order valence-corrected chi connectivity index (χ1v) is 5.95. The number of aromatic nitrogens is 5. The Labute approximate surface area is 135 Å². The third-order valence-corrected chi connectivity index (χ3v) is 3.09. The van der Waals surface area contributed by atoms with Crippen molar-refractivity contribution in [1.82, 2.24) is 25.2 Å². The molecule has 0 aliphatic rings. The average molecular weight is 451 g/mol. The monoisotopic (exact) mass is 451 g/mol. The maximum atomic E-state index is 12.3. The zero-order valence-corrected chi connectivity index (χ0v) is 14.3. The summed E-state index contributed by atoms with van der Waals surface area (Å²) in [6.07, 6.45) is 3.41. The molecule has 3 rings (SSSR count). The van der Waals surface area contributed by atoms with E-state index in [-0.39, 0.29) is 27.0 Å². The van der Waals surface area contributed by atoms with Gasteiger partial charge in [0.2, 0.25) is 11.9 Å². The van der Waals surface area contributed by atoms with Crippen LogP contribution in [0.1, 0.15) is 15.9 Å². The minimum atomic E-state index is -0.268. The second-order valence-electron chi connectivity index (χ2n) is 4.33. The van der Waals surface area contributed by atoms with E-state index < -0.39 is 0 Å². The van der Waals surface area contributed by atoms with Crippen LogP contribution in [0.25, 0.3) is 10.8 Å². The van der Waals surface area contributed by atoms with Gasteiger partial charge in [0.15, 0.2) is 0 Å². The summed E-state index contributed by atoms with van der Waals surface area (Å²) in [6.45, 7) is 1.89. The molecular formula is C13H11N6OW-. The van der Waals surface area contributed by atoms with Gasteiger partial charge in [-0.3, -0.25) is 10.1 Å². The summed E-state index contributed by atoms with van der Waals surface area (Å²) in [5, 5.41) is 15.3. The van der Waals surface area contributed by atoms with Crippen LogP contribution in [0.3, 0.4) is 0 Å². The molecule has 106 valence electrons. The normalized spacial score (nSPS) is 10.2. The van der Waals surface area contributed by atoms with Crippen molar-refractivity contribution in [3.63, 3.8) is 0 Å². The number of anilines is 1. The van der Waals surface area contributed by atoms with Gasteiger partial charge >= 0.3 is 0 Å². The number of hydrogen-bond donors (Lipinski definition) is 1. The van der Waals surface area contributed by atoms with Gasteiger partial charge in [-0.1, -0.05) is 18.1 Å². The summed E-state index contributed by atoms with van der Waals surface area (Å²) < 4.78 is 1.39. The fourth-order valence-electron chi connectivity index (χ4n) is 1.98. The van der Waals surface area contributed by atoms with E-state index in [1.54, 1.807) is 25.5 Å². The van der Waals surface area contributed by atoms with Gasteiger partial charge in [0.05, 0.1) is 0 Å². The summed E-state index contributed by atoms with van der Waals surface area (Å²) in [6, 6.07) is 6.57. The van der Waals surface area contributed by atoms with Crippen LogP contribution in [0.15, 0.2) is 24.5 Å². The molecule has 0 bridgehead atoms. The van der Waals surface area contributed by atoms with Gasteiger partial charge in [0.25, 0.3) is 0 Å².